The van der Waals surface area contributed by atoms with Crippen molar-refractivity contribution in [2.75, 3.05) is 0 Å². The van der Waals surface area contributed by atoms with E-state index in [1.54, 1.807) is 17.6 Å². The molecule has 0 bridgehead atoms. The van der Waals surface area contributed by atoms with Gasteiger partial charge in [0.2, 0.25) is 0 Å². The average molecular weight is 278 g/mol. The summed E-state index contributed by atoms with van der Waals surface area (Å²) in [7, 11) is 1.83. The van der Waals surface area contributed by atoms with E-state index in [2.05, 4.69) is 15.2 Å². The monoisotopic (exact) mass is 278 g/mol. The number of aryl methyl sites for hydroxylation is 3. The molecule has 0 fully saturated rings. The van der Waals surface area contributed by atoms with Gasteiger partial charge in [-0.2, -0.15) is 0 Å². The minimum absolute atomic E-state index is 0.219. The standard InChI is InChI=1S/C12H14N4O2S/c1-6-5-7(2)13-10(9(6)11(17)18)19-12-15-14-8(3)16(12)4/h5H,1-4H3,(H,17,18). The van der Waals surface area contributed by atoms with Crippen molar-refractivity contribution < 1.29 is 9.90 Å². The maximum atomic E-state index is 11.3. The highest BCUT2D eigenvalue weighted by Gasteiger charge is 2.19. The van der Waals surface area contributed by atoms with Crippen LogP contribution in [0.3, 0.4) is 0 Å². The Morgan fingerprint density at radius 2 is 2.00 bits per heavy atom. The predicted molar refractivity (Wildman–Crippen MR) is 70.5 cm³/mol. The molecule has 2 rings (SSSR count). The summed E-state index contributed by atoms with van der Waals surface area (Å²) < 4.78 is 1.80. The topological polar surface area (TPSA) is 80.9 Å². The minimum Gasteiger partial charge on any atom is -0.478 e. The summed E-state index contributed by atoms with van der Waals surface area (Å²) in [4.78, 5) is 15.6. The number of carbonyl (C=O) groups is 1. The van der Waals surface area contributed by atoms with Crippen molar-refractivity contribution in [1.29, 1.82) is 0 Å². The maximum Gasteiger partial charge on any atom is 0.338 e. The van der Waals surface area contributed by atoms with Crippen LogP contribution >= 0.6 is 11.8 Å². The molecule has 0 saturated carbocycles. The molecule has 2 aromatic heterocycles. The molecular weight excluding hydrogens is 264 g/mol. The summed E-state index contributed by atoms with van der Waals surface area (Å²) in [5.74, 6) is -0.213. The molecule has 0 unspecified atom stereocenters. The molecule has 0 radical (unpaired) electrons. The molecule has 7 heteroatoms. The first-order valence-electron chi connectivity index (χ1n) is 5.65. The fourth-order valence-electron chi connectivity index (χ4n) is 1.70. The van der Waals surface area contributed by atoms with Crippen molar-refractivity contribution in [2.45, 2.75) is 31.0 Å². The zero-order valence-corrected chi connectivity index (χ0v) is 11.9. The lowest BCUT2D eigenvalue weighted by Gasteiger charge is -2.08. The van der Waals surface area contributed by atoms with Crippen LogP contribution in [0.2, 0.25) is 0 Å². The summed E-state index contributed by atoms with van der Waals surface area (Å²) in [6.45, 7) is 5.44. The second-order valence-electron chi connectivity index (χ2n) is 4.26. The fraction of sp³-hybridized carbons (Fsp3) is 0.333. The van der Waals surface area contributed by atoms with Crippen LogP contribution in [0.1, 0.15) is 27.4 Å². The van der Waals surface area contributed by atoms with Crippen LogP contribution in [0.15, 0.2) is 16.2 Å². The number of carboxylic acid groups (broad SMARTS) is 1. The number of aromatic nitrogens is 4. The average Bonchev–Trinajstić information content (AvgIpc) is 2.59. The van der Waals surface area contributed by atoms with E-state index in [0.717, 1.165) is 11.5 Å². The Morgan fingerprint density at radius 1 is 1.32 bits per heavy atom. The summed E-state index contributed by atoms with van der Waals surface area (Å²) in [6.07, 6.45) is 0. The van der Waals surface area contributed by atoms with E-state index in [-0.39, 0.29) is 5.56 Å². The van der Waals surface area contributed by atoms with E-state index < -0.39 is 5.97 Å². The second kappa shape index (κ2) is 5.00. The van der Waals surface area contributed by atoms with Crippen molar-refractivity contribution in [1.82, 2.24) is 19.7 Å². The van der Waals surface area contributed by atoms with Gasteiger partial charge in [-0.05, 0) is 44.2 Å². The maximum absolute atomic E-state index is 11.3. The Labute approximate surface area is 114 Å². The van der Waals surface area contributed by atoms with E-state index in [4.69, 9.17) is 0 Å². The van der Waals surface area contributed by atoms with Crippen molar-refractivity contribution in [2.24, 2.45) is 7.05 Å². The van der Waals surface area contributed by atoms with Gasteiger partial charge in [0.15, 0.2) is 5.16 Å². The van der Waals surface area contributed by atoms with Crippen LogP contribution in [0, 0.1) is 20.8 Å². The fourth-order valence-corrected chi connectivity index (χ4v) is 2.76. The number of aromatic carboxylic acids is 1. The Kier molecular flexibility index (Phi) is 3.57. The van der Waals surface area contributed by atoms with Gasteiger partial charge in [0.05, 0.1) is 5.56 Å². The Balaban J connectivity index is 2.50. The lowest BCUT2D eigenvalue weighted by molar-refractivity contribution is 0.0691. The van der Waals surface area contributed by atoms with Crippen LogP contribution in [0.25, 0.3) is 0 Å². The highest BCUT2D eigenvalue weighted by Crippen LogP contribution is 2.29. The molecular formula is C12H14N4O2S. The highest BCUT2D eigenvalue weighted by molar-refractivity contribution is 7.99. The molecule has 2 aromatic rings. The van der Waals surface area contributed by atoms with Gasteiger partial charge in [0.1, 0.15) is 10.9 Å². The van der Waals surface area contributed by atoms with Crippen molar-refractivity contribution >= 4 is 17.7 Å². The number of nitrogens with zero attached hydrogens (tertiary/aromatic N) is 4. The zero-order chi connectivity index (χ0) is 14.2. The SMILES string of the molecule is Cc1cc(C)c(C(=O)O)c(Sc2nnc(C)n2C)n1. The van der Waals surface area contributed by atoms with Crippen LogP contribution in [0.4, 0.5) is 0 Å². The molecule has 100 valence electrons. The molecule has 0 amide bonds. The molecule has 0 atom stereocenters. The summed E-state index contributed by atoms with van der Waals surface area (Å²) in [5.41, 5.74) is 1.70. The van der Waals surface area contributed by atoms with Crippen LogP contribution in [-0.4, -0.2) is 30.8 Å². The van der Waals surface area contributed by atoms with E-state index in [1.807, 2.05) is 20.9 Å². The van der Waals surface area contributed by atoms with Gasteiger partial charge >= 0.3 is 5.97 Å². The van der Waals surface area contributed by atoms with Gasteiger partial charge in [0.25, 0.3) is 0 Å². The van der Waals surface area contributed by atoms with Gasteiger partial charge in [-0.15, -0.1) is 10.2 Å². The number of hydrogen-bond donors (Lipinski definition) is 1. The molecule has 0 aromatic carbocycles. The Morgan fingerprint density at radius 3 is 2.53 bits per heavy atom. The molecule has 1 N–H and O–H groups in total. The number of rotatable bonds is 3. The number of hydrogen-bond acceptors (Lipinski definition) is 5. The Bertz CT molecular complexity index is 651. The van der Waals surface area contributed by atoms with Gasteiger partial charge in [-0.1, -0.05) is 0 Å². The first-order valence-corrected chi connectivity index (χ1v) is 6.47. The van der Waals surface area contributed by atoms with E-state index >= 15 is 0 Å². The molecule has 0 spiro atoms. The normalized spacial score (nSPS) is 10.7. The van der Waals surface area contributed by atoms with Crippen LogP contribution in [0.5, 0.6) is 0 Å². The predicted octanol–water partition coefficient (Wildman–Crippen LogP) is 1.98. The lowest BCUT2D eigenvalue weighted by atomic mass is 10.1. The van der Waals surface area contributed by atoms with Gasteiger partial charge < -0.3 is 9.67 Å². The highest BCUT2D eigenvalue weighted by atomic mass is 32.2. The quantitative estimate of drug-likeness (QED) is 0.924. The molecule has 0 aliphatic rings. The van der Waals surface area contributed by atoms with E-state index in [0.29, 0.717) is 15.7 Å². The largest absolute Gasteiger partial charge is 0.478 e. The molecule has 0 saturated heterocycles. The second-order valence-corrected chi connectivity index (χ2v) is 5.21. The molecule has 6 nitrogen and oxygen atoms in total. The van der Waals surface area contributed by atoms with E-state index in [9.17, 15) is 9.90 Å². The molecule has 0 aliphatic heterocycles. The van der Waals surface area contributed by atoms with Gasteiger partial charge in [0, 0.05) is 12.7 Å². The smallest absolute Gasteiger partial charge is 0.338 e. The number of pyridine rings is 1. The minimum atomic E-state index is -0.980. The van der Waals surface area contributed by atoms with Crippen LogP contribution in [-0.2, 0) is 7.05 Å². The summed E-state index contributed by atoms with van der Waals surface area (Å²) >= 11 is 1.22. The van der Waals surface area contributed by atoms with Crippen molar-refractivity contribution in [3.63, 3.8) is 0 Å². The Hall–Kier alpha value is -1.89. The third-order valence-electron chi connectivity index (χ3n) is 2.77. The third-order valence-corrected chi connectivity index (χ3v) is 3.79. The summed E-state index contributed by atoms with van der Waals surface area (Å²) in [6, 6.07) is 1.76. The van der Waals surface area contributed by atoms with Crippen molar-refractivity contribution in [3.8, 4) is 0 Å². The number of carboxylic acids is 1. The molecule has 0 aliphatic carbocycles. The first-order chi connectivity index (χ1) is 8.90. The van der Waals surface area contributed by atoms with Crippen LogP contribution < -0.4 is 0 Å². The van der Waals surface area contributed by atoms with Crippen molar-refractivity contribution in [3.05, 3.63) is 28.7 Å². The first kappa shape index (κ1) is 13.5. The van der Waals surface area contributed by atoms with Gasteiger partial charge in [-0.3, -0.25) is 0 Å². The van der Waals surface area contributed by atoms with E-state index in [1.165, 1.54) is 11.8 Å². The van der Waals surface area contributed by atoms with Gasteiger partial charge in [-0.25, -0.2) is 9.78 Å². The molecule has 2 heterocycles. The zero-order valence-electron chi connectivity index (χ0n) is 11.1. The lowest BCUT2D eigenvalue weighted by Crippen LogP contribution is -2.06. The summed E-state index contributed by atoms with van der Waals surface area (Å²) in [5, 5.41) is 18.3. The molecule has 19 heavy (non-hydrogen) atoms. The third kappa shape index (κ3) is 2.60.